The van der Waals surface area contributed by atoms with E-state index in [1.165, 1.54) is 22.5 Å². The lowest BCUT2D eigenvalue weighted by molar-refractivity contribution is 0.0708. The lowest BCUT2D eigenvalue weighted by atomic mass is 9.91. The molecule has 0 saturated heterocycles. The Bertz CT molecular complexity index is 412. The van der Waals surface area contributed by atoms with E-state index in [2.05, 4.69) is 5.32 Å². The van der Waals surface area contributed by atoms with Crippen LogP contribution in [0.2, 0.25) is 8.67 Å². The van der Waals surface area contributed by atoms with E-state index in [4.69, 9.17) is 32.7 Å². The molecule has 1 aromatic heterocycles. The van der Waals surface area contributed by atoms with Crippen molar-refractivity contribution in [2.24, 2.45) is 0 Å². The van der Waals surface area contributed by atoms with Gasteiger partial charge < -0.3 is 14.8 Å². The van der Waals surface area contributed by atoms with E-state index in [1.54, 1.807) is 7.11 Å². The number of rotatable bonds is 7. The highest BCUT2D eigenvalue weighted by Crippen LogP contribution is 2.44. The van der Waals surface area contributed by atoms with Gasteiger partial charge in [0.05, 0.1) is 28.5 Å². The van der Waals surface area contributed by atoms with E-state index >= 15 is 0 Å². The normalized spacial score (nSPS) is 18.6. The molecule has 1 N–H and O–H groups in total. The monoisotopic (exact) mass is 323 g/mol. The molecule has 0 spiro atoms. The number of thiophene rings is 1. The van der Waals surface area contributed by atoms with Crippen molar-refractivity contribution in [1.29, 1.82) is 0 Å². The van der Waals surface area contributed by atoms with E-state index in [-0.39, 0.29) is 0 Å². The Kier molecular flexibility index (Phi) is 6.39. The van der Waals surface area contributed by atoms with Crippen LogP contribution in [0, 0.1) is 0 Å². The third-order valence-corrected chi connectivity index (χ3v) is 5.01. The van der Waals surface area contributed by atoms with Crippen molar-refractivity contribution in [3.63, 3.8) is 0 Å². The molecular formula is C13H19Cl2NO2S. The predicted octanol–water partition coefficient (Wildman–Crippen LogP) is 3.68. The van der Waals surface area contributed by atoms with Crippen LogP contribution in [0.5, 0.6) is 0 Å². The fourth-order valence-corrected chi connectivity index (χ4v) is 4.27. The zero-order valence-corrected chi connectivity index (χ0v) is 13.3. The second kappa shape index (κ2) is 7.81. The van der Waals surface area contributed by atoms with Gasteiger partial charge >= 0.3 is 0 Å². The van der Waals surface area contributed by atoms with Crippen molar-refractivity contribution in [2.45, 2.75) is 25.3 Å². The van der Waals surface area contributed by atoms with Crippen LogP contribution in [0.1, 0.15) is 30.0 Å². The molecule has 108 valence electrons. The maximum absolute atomic E-state index is 6.29. The summed E-state index contributed by atoms with van der Waals surface area (Å²) in [6.45, 7) is 2.78. The SMILES string of the molecule is COCCOCCN[C@H]1CCCc2c(Cl)sc(Cl)c21. The summed E-state index contributed by atoms with van der Waals surface area (Å²) in [4.78, 5) is 0. The Morgan fingerprint density at radius 1 is 1.26 bits per heavy atom. The fourth-order valence-electron chi connectivity index (χ4n) is 2.38. The van der Waals surface area contributed by atoms with Crippen LogP contribution in [0.25, 0.3) is 0 Å². The first-order valence-electron chi connectivity index (χ1n) is 6.50. The van der Waals surface area contributed by atoms with Gasteiger partial charge in [0.1, 0.15) is 0 Å². The van der Waals surface area contributed by atoms with Crippen LogP contribution in [-0.4, -0.2) is 33.5 Å². The summed E-state index contributed by atoms with van der Waals surface area (Å²) in [5, 5.41) is 3.51. The molecular weight excluding hydrogens is 305 g/mol. The average molecular weight is 324 g/mol. The first kappa shape index (κ1) is 15.5. The van der Waals surface area contributed by atoms with Crippen molar-refractivity contribution in [1.82, 2.24) is 5.32 Å². The molecule has 1 heterocycles. The highest BCUT2D eigenvalue weighted by Gasteiger charge is 2.26. The Hall–Kier alpha value is 0.160. The first-order chi connectivity index (χ1) is 9.24. The van der Waals surface area contributed by atoms with E-state index in [9.17, 15) is 0 Å². The maximum Gasteiger partial charge on any atom is 0.0994 e. The van der Waals surface area contributed by atoms with E-state index in [0.717, 1.165) is 34.5 Å². The highest BCUT2D eigenvalue weighted by molar-refractivity contribution is 7.20. The third-order valence-electron chi connectivity index (χ3n) is 3.29. The molecule has 1 aliphatic rings. The van der Waals surface area contributed by atoms with Gasteiger partial charge in [-0.1, -0.05) is 23.2 Å². The van der Waals surface area contributed by atoms with Crippen LogP contribution in [0.15, 0.2) is 0 Å². The van der Waals surface area contributed by atoms with Crippen molar-refractivity contribution >= 4 is 34.5 Å². The molecule has 0 saturated carbocycles. The molecule has 1 aliphatic carbocycles. The molecule has 0 fully saturated rings. The largest absolute Gasteiger partial charge is 0.382 e. The first-order valence-corrected chi connectivity index (χ1v) is 8.08. The maximum atomic E-state index is 6.29. The minimum Gasteiger partial charge on any atom is -0.382 e. The molecule has 3 nitrogen and oxygen atoms in total. The van der Waals surface area contributed by atoms with Gasteiger partial charge in [-0.3, -0.25) is 0 Å². The van der Waals surface area contributed by atoms with Crippen LogP contribution in [0.3, 0.4) is 0 Å². The number of halogens is 2. The van der Waals surface area contributed by atoms with Gasteiger partial charge in [-0.05, 0) is 24.8 Å². The highest BCUT2D eigenvalue weighted by atomic mass is 35.5. The zero-order chi connectivity index (χ0) is 13.7. The molecule has 0 unspecified atom stereocenters. The molecule has 1 aromatic rings. The standard InChI is InChI=1S/C13H19Cl2NO2S/c1-17-7-8-18-6-5-16-10-4-2-3-9-11(10)13(15)19-12(9)14/h10,16H,2-8H2,1H3/t10-/m0/s1. The summed E-state index contributed by atoms with van der Waals surface area (Å²) >= 11 is 14.0. The minimum absolute atomic E-state index is 0.311. The number of hydrogen-bond acceptors (Lipinski definition) is 4. The lowest BCUT2D eigenvalue weighted by Crippen LogP contribution is -2.28. The molecule has 0 aromatic carbocycles. The molecule has 6 heteroatoms. The van der Waals surface area contributed by atoms with Crippen molar-refractivity contribution in [2.75, 3.05) is 33.5 Å². The van der Waals surface area contributed by atoms with Crippen LogP contribution < -0.4 is 5.32 Å². The Balaban J connectivity index is 1.83. The smallest absolute Gasteiger partial charge is 0.0994 e. The van der Waals surface area contributed by atoms with Gasteiger partial charge in [-0.2, -0.15) is 0 Å². The molecule has 2 rings (SSSR count). The molecule has 0 radical (unpaired) electrons. The number of nitrogens with one attached hydrogen (secondary N) is 1. The summed E-state index contributed by atoms with van der Waals surface area (Å²) in [6.07, 6.45) is 3.31. The van der Waals surface area contributed by atoms with Gasteiger partial charge in [0.25, 0.3) is 0 Å². The zero-order valence-electron chi connectivity index (χ0n) is 11.0. The number of ether oxygens (including phenoxy) is 2. The summed E-state index contributed by atoms with van der Waals surface area (Å²) in [6, 6.07) is 0.311. The van der Waals surface area contributed by atoms with Gasteiger partial charge in [-0.15, -0.1) is 11.3 Å². The number of fused-ring (bicyclic) bond motifs is 1. The van der Waals surface area contributed by atoms with Crippen molar-refractivity contribution in [3.05, 3.63) is 19.8 Å². The van der Waals surface area contributed by atoms with Gasteiger partial charge in [-0.25, -0.2) is 0 Å². The van der Waals surface area contributed by atoms with Gasteiger partial charge in [0.15, 0.2) is 0 Å². The molecule has 19 heavy (non-hydrogen) atoms. The van der Waals surface area contributed by atoms with Crippen LogP contribution >= 0.6 is 34.5 Å². The number of hydrogen-bond donors (Lipinski definition) is 1. The Labute approximate surface area is 128 Å². The van der Waals surface area contributed by atoms with Crippen LogP contribution in [0.4, 0.5) is 0 Å². The third kappa shape index (κ3) is 4.06. The summed E-state index contributed by atoms with van der Waals surface area (Å²) in [5.74, 6) is 0. The molecule has 0 bridgehead atoms. The Morgan fingerprint density at radius 2 is 2.11 bits per heavy atom. The molecule has 0 amide bonds. The van der Waals surface area contributed by atoms with Gasteiger partial charge in [0, 0.05) is 25.3 Å². The van der Waals surface area contributed by atoms with Crippen molar-refractivity contribution in [3.8, 4) is 0 Å². The lowest BCUT2D eigenvalue weighted by Gasteiger charge is -2.24. The Morgan fingerprint density at radius 3 is 2.89 bits per heavy atom. The fraction of sp³-hybridized carbons (Fsp3) is 0.692. The second-order valence-electron chi connectivity index (χ2n) is 4.55. The quantitative estimate of drug-likeness (QED) is 0.776. The van der Waals surface area contributed by atoms with E-state index in [0.29, 0.717) is 25.9 Å². The summed E-state index contributed by atoms with van der Waals surface area (Å²) < 4.78 is 12.1. The predicted molar refractivity (Wildman–Crippen MR) is 80.7 cm³/mol. The van der Waals surface area contributed by atoms with Crippen molar-refractivity contribution < 1.29 is 9.47 Å². The van der Waals surface area contributed by atoms with E-state index < -0.39 is 0 Å². The van der Waals surface area contributed by atoms with Crippen LogP contribution in [-0.2, 0) is 15.9 Å². The summed E-state index contributed by atoms with van der Waals surface area (Å²) in [7, 11) is 1.67. The second-order valence-corrected chi connectivity index (χ2v) is 6.77. The van der Waals surface area contributed by atoms with Gasteiger partial charge in [0.2, 0.25) is 0 Å². The molecule has 0 aliphatic heterocycles. The minimum atomic E-state index is 0.311. The topological polar surface area (TPSA) is 30.5 Å². The average Bonchev–Trinajstić information content (AvgIpc) is 2.70. The molecule has 1 atom stereocenters. The number of methoxy groups -OCH3 is 1. The summed E-state index contributed by atoms with van der Waals surface area (Å²) in [5.41, 5.74) is 2.44. The van der Waals surface area contributed by atoms with E-state index in [1.807, 2.05) is 0 Å².